The molecule has 1 aliphatic rings. The Labute approximate surface area is 328 Å². The molecule has 0 aromatic heterocycles. The summed E-state index contributed by atoms with van der Waals surface area (Å²) in [5, 5.41) is 12.7. The normalized spacial score (nSPS) is 13.6. The van der Waals surface area contributed by atoms with Crippen LogP contribution in [0.5, 0.6) is 17.2 Å². The van der Waals surface area contributed by atoms with Gasteiger partial charge in [0, 0.05) is 66.9 Å². The Morgan fingerprint density at radius 2 is 1.50 bits per heavy atom. The molecule has 5 aromatic carbocycles. The molecule has 6 rings (SSSR count). The Bertz CT molecular complexity index is 2230. The maximum atomic E-state index is 14.0. The molecule has 1 heterocycles. The minimum Gasteiger partial charge on any atom is -0.508 e. The standard InChI is InChI=1S/C41H41F3N4O6S2/c1-53-38-24-30(29-7-6-8-32(49)23-29)25-39(54-2)35(38)27-47-18-20-48(21-19-47)31-13-11-28(12-14-31)40(50)46-56(51,52)34-15-16-37(36(26-34)41(42,43)44)45-17-22-55-33-9-4-3-5-10-33/h3-16,23-26,45,49H,17-22,27H2,1-2H3,(H,46,50). The number of ether oxygens (including phenoxy) is 2. The topological polar surface area (TPSA) is 120 Å². The molecule has 1 amide bonds. The van der Waals surface area contributed by atoms with Crippen LogP contribution >= 0.6 is 11.8 Å². The van der Waals surface area contributed by atoms with Crippen molar-refractivity contribution in [3.63, 3.8) is 0 Å². The van der Waals surface area contributed by atoms with Crippen LogP contribution in [-0.4, -0.2) is 77.0 Å². The number of benzene rings is 5. The lowest BCUT2D eigenvalue weighted by Crippen LogP contribution is -2.46. The number of nitrogens with zero attached hydrogens (tertiary/aromatic N) is 2. The van der Waals surface area contributed by atoms with Gasteiger partial charge in [-0.3, -0.25) is 9.69 Å². The maximum absolute atomic E-state index is 14.0. The molecule has 10 nitrogen and oxygen atoms in total. The van der Waals surface area contributed by atoms with E-state index in [1.165, 1.54) is 23.9 Å². The number of methoxy groups -OCH3 is 2. The van der Waals surface area contributed by atoms with E-state index in [0.29, 0.717) is 56.0 Å². The van der Waals surface area contributed by atoms with Gasteiger partial charge in [0.15, 0.2) is 0 Å². The van der Waals surface area contributed by atoms with E-state index in [1.54, 1.807) is 44.6 Å². The number of carbonyl (C=O) groups is 1. The van der Waals surface area contributed by atoms with Gasteiger partial charge in [-0.05, 0) is 90.0 Å². The molecular weight excluding hydrogens is 766 g/mol. The zero-order chi connectivity index (χ0) is 39.9. The molecule has 15 heteroatoms. The highest BCUT2D eigenvalue weighted by Gasteiger charge is 2.35. The Balaban J connectivity index is 1.05. The summed E-state index contributed by atoms with van der Waals surface area (Å²) in [6.45, 7) is 3.55. The van der Waals surface area contributed by atoms with Crippen LogP contribution in [0, 0.1) is 0 Å². The number of anilines is 2. The smallest absolute Gasteiger partial charge is 0.418 e. The molecule has 0 saturated carbocycles. The minimum atomic E-state index is -4.84. The number of thioether (sulfide) groups is 1. The first kappa shape index (κ1) is 40.3. The number of phenols is 1. The zero-order valence-electron chi connectivity index (χ0n) is 30.7. The minimum absolute atomic E-state index is 0.0366. The third-order valence-corrected chi connectivity index (χ3v) is 11.6. The average Bonchev–Trinajstić information content (AvgIpc) is 3.19. The third-order valence-electron chi connectivity index (χ3n) is 9.30. The average molecular weight is 807 g/mol. The molecule has 0 unspecified atom stereocenters. The molecule has 0 radical (unpaired) electrons. The number of hydrogen-bond donors (Lipinski definition) is 3. The number of nitrogens with one attached hydrogen (secondary N) is 2. The molecule has 0 spiro atoms. The number of piperazine rings is 1. The molecule has 0 bridgehead atoms. The van der Waals surface area contributed by atoms with Crippen molar-refractivity contribution in [2.24, 2.45) is 0 Å². The highest BCUT2D eigenvalue weighted by Crippen LogP contribution is 2.38. The van der Waals surface area contributed by atoms with Crippen molar-refractivity contribution in [3.05, 3.63) is 126 Å². The van der Waals surface area contributed by atoms with Gasteiger partial charge >= 0.3 is 6.18 Å². The molecule has 1 aliphatic heterocycles. The number of phenolic OH excluding ortho intramolecular Hbond substituents is 1. The molecular formula is C41H41F3N4O6S2. The van der Waals surface area contributed by atoms with Crippen LogP contribution in [0.15, 0.2) is 119 Å². The van der Waals surface area contributed by atoms with Crippen LogP contribution < -0.4 is 24.4 Å². The number of carbonyl (C=O) groups excluding carboxylic acids is 1. The zero-order valence-corrected chi connectivity index (χ0v) is 32.3. The third kappa shape index (κ3) is 9.88. The summed E-state index contributed by atoms with van der Waals surface area (Å²) >= 11 is 1.47. The largest absolute Gasteiger partial charge is 0.508 e. The quantitative estimate of drug-likeness (QED) is 0.0760. The van der Waals surface area contributed by atoms with E-state index in [1.807, 2.05) is 53.3 Å². The Kier molecular flexibility index (Phi) is 12.7. The van der Waals surface area contributed by atoms with Gasteiger partial charge in [-0.2, -0.15) is 13.2 Å². The van der Waals surface area contributed by atoms with Crippen molar-refractivity contribution in [3.8, 4) is 28.4 Å². The molecule has 56 heavy (non-hydrogen) atoms. The molecule has 3 N–H and O–H groups in total. The predicted molar refractivity (Wildman–Crippen MR) is 212 cm³/mol. The number of alkyl halides is 3. The van der Waals surface area contributed by atoms with Crippen LogP contribution in [0.3, 0.4) is 0 Å². The number of halogens is 3. The molecule has 294 valence electrons. The van der Waals surface area contributed by atoms with Crippen molar-refractivity contribution in [1.82, 2.24) is 9.62 Å². The highest BCUT2D eigenvalue weighted by molar-refractivity contribution is 7.99. The monoisotopic (exact) mass is 806 g/mol. The van der Waals surface area contributed by atoms with Crippen LogP contribution in [0.2, 0.25) is 0 Å². The highest BCUT2D eigenvalue weighted by atomic mass is 32.2. The first-order valence-electron chi connectivity index (χ1n) is 17.7. The summed E-state index contributed by atoms with van der Waals surface area (Å²) in [4.78, 5) is 17.7. The lowest BCUT2D eigenvalue weighted by atomic mass is 10.0. The van der Waals surface area contributed by atoms with E-state index in [9.17, 15) is 31.5 Å². The summed E-state index contributed by atoms with van der Waals surface area (Å²) in [6.07, 6.45) is -4.84. The van der Waals surface area contributed by atoms with E-state index in [4.69, 9.17) is 9.47 Å². The van der Waals surface area contributed by atoms with Gasteiger partial charge in [-0.25, -0.2) is 13.1 Å². The molecule has 1 saturated heterocycles. The van der Waals surface area contributed by atoms with Crippen molar-refractivity contribution in [2.75, 3.05) is 62.9 Å². The van der Waals surface area contributed by atoms with Gasteiger partial charge in [0.1, 0.15) is 17.2 Å². The fraction of sp³-hybridized carbons (Fsp3) is 0.244. The van der Waals surface area contributed by atoms with Crippen molar-refractivity contribution < 1.29 is 41.0 Å². The number of aromatic hydroxyl groups is 1. The SMILES string of the molecule is COc1cc(-c2cccc(O)c2)cc(OC)c1CN1CCN(c2ccc(C(=O)NS(=O)(=O)c3ccc(NCCSc4ccccc4)c(C(F)(F)F)c3)cc2)CC1. The van der Waals surface area contributed by atoms with Crippen molar-refractivity contribution in [1.29, 1.82) is 0 Å². The molecule has 0 aliphatic carbocycles. The lowest BCUT2D eigenvalue weighted by Gasteiger charge is -2.36. The fourth-order valence-corrected chi connectivity index (χ4v) is 8.18. The first-order chi connectivity index (χ1) is 26.8. The summed E-state index contributed by atoms with van der Waals surface area (Å²) in [5.74, 6) is 1.01. The summed E-state index contributed by atoms with van der Waals surface area (Å²) in [7, 11) is -1.42. The van der Waals surface area contributed by atoms with E-state index in [-0.39, 0.29) is 23.5 Å². The fourth-order valence-electron chi connectivity index (χ4n) is 6.39. The van der Waals surface area contributed by atoms with Crippen LogP contribution in [0.25, 0.3) is 11.1 Å². The van der Waals surface area contributed by atoms with Gasteiger partial charge in [-0.15, -0.1) is 11.8 Å². The lowest BCUT2D eigenvalue weighted by molar-refractivity contribution is -0.137. The summed E-state index contributed by atoms with van der Waals surface area (Å²) in [5.41, 5.74) is 2.03. The second kappa shape index (κ2) is 17.6. The summed E-state index contributed by atoms with van der Waals surface area (Å²) in [6, 6.07) is 29.2. The number of rotatable bonds is 14. The predicted octanol–water partition coefficient (Wildman–Crippen LogP) is 7.74. The van der Waals surface area contributed by atoms with Crippen LogP contribution in [-0.2, 0) is 22.7 Å². The Morgan fingerprint density at radius 1 is 0.821 bits per heavy atom. The van der Waals surface area contributed by atoms with Gasteiger partial charge in [0.05, 0.1) is 30.2 Å². The van der Waals surface area contributed by atoms with E-state index in [2.05, 4.69) is 15.1 Å². The number of sulfonamides is 1. The Morgan fingerprint density at radius 3 is 2.12 bits per heavy atom. The van der Waals surface area contributed by atoms with Crippen LogP contribution in [0.4, 0.5) is 24.5 Å². The Hall–Kier alpha value is -5.38. The second-order valence-corrected chi connectivity index (χ2v) is 15.8. The second-order valence-electron chi connectivity index (χ2n) is 12.9. The molecule has 5 aromatic rings. The summed E-state index contributed by atoms with van der Waals surface area (Å²) < 4.78 is 81.7. The van der Waals surface area contributed by atoms with E-state index in [0.717, 1.165) is 39.4 Å². The van der Waals surface area contributed by atoms with Gasteiger partial charge in [0.2, 0.25) is 0 Å². The number of amides is 1. The van der Waals surface area contributed by atoms with Crippen molar-refractivity contribution in [2.45, 2.75) is 22.5 Å². The van der Waals surface area contributed by atoms with Gasteiger partial charge in [0.25, 0.3) is 15.9 Å². The number of hydrogen-bond acceptors (Lipinski definition) is 10. The first-order valence-corrected chi connectivity index (χ1v) is 20.1. The van der Waals surface area contributed by atoms with E-state index < -0.39 is 32.6 Å². The van der Waals surface area contributed by atoms with Gasteiger partial charge in [-0.1, -0.05) is 30.3 Å². The van der Waals surface area contributed by atoms with E-state index >= 15 is 0 Å². The van der Waals surface area contributed by atoms with Crippen LogP contribution in [0.1, 0.15) is 21.5 Å². The molecule has 0 atom stereocenters. The van der Waals surface area contributed by atoms with Crippen molar-refractivity contribution >= 4 is 39.1 Å². The molecule has 1 fully saturated rings. The maximum Gasteiger partial charge on any atom is 0.418 e. The van der Waals surface area contributed by atoms with Gasteiger partial charge < -0.3 is 24.8 Å².